The average Bonchev–Trinajstić information content (AvgIpc) is 2.95. The highest BCUT2D eigenvalue weighted by Gasteiger charge is 2.32. The third kappa shape index (κ3) is 2.98. The molecular weight excluding hydrogens is 334 g/mol. The van der Waals surface area contributed by atoms with E-state index >= 15 is 0 Å². The number of urea groups is 1. The quantitative estimate of drug-likeness (QED) is 0.770. The lowest BCUT2D eigenvalue weighted by Gasteiger charge is -2.37. The van der Waals surface area contributed by atoms with Gasteiger partial charge in [-0.05, 0) is 31.0 Å². The molecule has 1 aromatic heterocycles. The summed E-state index contributed by atoms with van der Waals surface area (Å²) in [5.74, 6) is 0.445. The van der Waals surface area contributed by atoms with E-state index in [9.17, 15) is 14.4 Å². The van der Waals surface area contributed by atoms with Gasteiger partial charge in [0.2, 0.25) is 0 Å². The second kappa shape index (κ2) is 6.75. The van der Waals surface area contributed by atoms with E-state index in [1.54, 1.807) is 27.5 Å². The number of piperidine rings is 1. The molecule has 8 nitrogen and oxygen atoms in total. The standard InChI is InChI=1S/C18H25N5O3/c1-21-6-7-22(18(21)26)5-4-20-16(24)14-2-3-15-13-8-12(9-19-10-13)11-23(15)17(14)25/h2-3,12-13,19H,4-11H2,1H3,(H,20,24)/t12-,13+/m0/s1. The number of amides is 3. The van der Waals surface area contributed by atoms with Gasteiger partial charge in [0.05, 0.1) is 0 Å². The highest BCUT2D eigenvalue weighted by molar-refractivity contribution is 5.93. The van der Waals surface area contributed by atoms with E-state index in [2.05, 4.69) is 10.6 Å². The van der Waals surface area contributed by atoms with Crippen LogP contribution in [0.25, 0.3) is 0 Å². The molecule has 1 aromatic rings. The molecule has 0 radical (unpaired) electrons. The van der Waals surface area contributed by atoms with Gasteiger partial charge in [0.25, 0.3) is 11.5 Å². The van der Waals surface area contributed by atoms with Crippen LogP contribution in [-0.4, -0.2) is 72.6 Å². The molecular formula is C18H25N5O3. The first-order valence-electron chi connectivity index (χ1n) is 9.27. The molecule has 4 heterocycles. The Balaban J connectivity index is 1.43. The van der Waals surface area contributed by atoms with Crippen molar-refractivity contribution in [1.82, 2.24) is 25.0 Å². The zero-order chi connectivity index (χ0) is 18.3. The summed E-state index contributed by atoms with van der Waals surface area (Å²) in [6.07, 6.45) is 1.11. The Hall–Kier alpha value is -2.35. The van der Waals surface area contributed by atoms with Crippen molar-refractivity contribution >= 4 is 11.9 Å². The molecule has 0 aliphatic carbocycles. The van der Waals surface area contributed by atoms with E-state index in [0.29, 0.717) is 44.6 Å². The summed E-state index contributed by atoms with van der Waals surface area (Å²) in [5, 5.41) is 6.20. The number of hydrogen-bond acceptors (Lipinski definition) is 4. The zero-order valence-corrected chi connectivity index (χ0v) is 15.0. The molecule has 2 saturated heterocycles. The van der Waals surface area contributed by atoms with E-state index in [1.807, 2.05) is 6.07 Å². The molecule has 8 heteroatoms. The summed E-state index contributed by atoms with van der Waals surface area (Å²) in [6, 6.07) is 3.55. The van der Waals surface area contributed by atoms with E-state index in [-0.39, 0.29) is 23.1 Å². The van der Waals surface area contributed by atoms with Gasteiger partial charge in [0.15, 0.2) is 0 Å². The Labute approximate surface area is 152 Å². The van der Waals surface area contributed by atoms with Crippen molar-refractivity contribution in [2.24, 2.45) is 5.92 Å². The first kappa shape index (κ1) is 17.1. The van der Waals surface area contributed by atoms with Gasteiger partial charge >= 0.3 is 6.03 Å². The Morgan fingerprint density at radius 3 is 2.88 bits per heavy atom. The van der Waals surface area contributed by atoms with Crippen molar-refractivity contribution in [3.8, 4) is 0 Å². The summed E-state index contributed by atoms with van der Waals surface area (Å²) in [5.41, 5.74) is 1.01. The van der Waals surface area contributed by atoms with Gasteiger partial charge in [-0.1, -0.05) is 0 Å². The van der Waals surface area contributed by atoms with Crippen LogP contribution in [0.5, 0.6) is 0 Å². The third-order valence-electron chi connectivity index (χ3n) is 5.72. The van der Waals surface area contributed by atoms with Gasteiger partial charge in [-0.15, -0.1) is 0 Å². The summed E-state index contributed by atoms with van der Waals surface area (Å²) < 4.78 is 1.79. The van der Waals surface area contributed by atoms with Crippen molar-refractivity contribution in [3.05, 3.63) is 33.7 Å². The van der Waals surface area contributed by atoms with Crippen molar-refractivity contribution < 1.29 is 9.59 Å². The molecule has 3 aliphatic rings. The van der Waals surface area contributed by atoms with Crippen molar-refractivity contribution in [2.75, 3.05) is 46.3 Å². The topological polar surface area (TPSA) is 86.7 Å². The van der Waals surface area contributed by atoms with Crippen LogP contribution in [0.2, 0.25) is 0 Å². The number of nitrogens with one attached hydrogen (secondary N) is 2. The minimum absolute atomic E-state index is 0.0201. The van der Waals surface area contributed by atoms with Gasteiger partial charge < -0.3 is 25.0 Å². The van der Waals surface area contributed by atoms with Crippen LogP contribution in [0.3, 0.4) is 0 Å². The SMILES string of the molecule is CN1CCN(CCNC(=O)c2ccc3n(c2=O)C[C@@H]2CNC[C@H]3C2)C1=O. The molecule has 3 amide bonds. The number of aromatic nitrogens is 1. The molecule has 0 aromatic carbocycles. The highest BCUT2D eigenvalue weighted by atomic mass is 16.2. The van der Waals surface area contributed by atoms with Gasteiger partial charge in [-0.25, -0.2) is 4.79 Å². The molecule has 2 N–H and O–H groups in total. The van der Waals surface area contributed by atoms with Crippen LogP contribution in [0.15, 0.2) is 16.9 Å². The number of nitrogens with zero attached hydrogens (tertiary/aromatic N) is 3. The maximum Gasteiger partial charge on any atom is 0.319 e. The summed E-state index contributed by atoms with van der Waals surface area (Å²) in [7, 11) is 1.76. The first-order valence-corrected chi connectivity index (χ1v) is 9.27. The second-order valence-electron chi connectivity index (χ2n) is 7.49. The maximum atomic E-state index is 12.8. The second-order valence-corrected chi connectivity index (χ2v) is 7.49. The predicted octanol–water partition coefficient (Wildman–Crippen LogP) is -0.348. The minimum atomic E-state index is -0.362. The normalized spacial score (nSPS) is 24.6. The number of likely N-dealkylation sites (N-methyl/N-ethyl adjacent to an activating group) is 1. The maximum absolute atomic E-state index is 12.8. The molecule has 2 bridgehead atoms. The van der Waals surface area contributed by atoms with E-state index in [0.717, 1.165) is 25.2 Å². The molecule has 2 fully saturated rings. The number of carbonyl (C=O) groups is 2. The molecule has 2 atom stereocenters. The lowest BCUT2D eigenvalue weighted by molar-refractivity contribution is 0.0947. The van der Waals surface area contributed by atoms with Crippen LogP contribution >= 0.6 is 0 Å². The average molecular weight is 359 g/mol. The number of fused-ring (bicyclic) bond motifs is 4. The summed E-state index contributed by atoms with van der Waals surface area (Å²) in [4.78, 5) is 40.5. The smallest absolute Gasteiger partial charge is 0.319 e. The van der Waals surface area contributed by atoms with Crippen LogP contribution in [0, 0.1) is 5.92 Å². The van der Waals surface area contributed by atoms with Gasteiger partial charge in [0.1, 0.15) is 5.56 Å². The van der Waals surface area contributed by atoms with Crippen LogP contribution < -0.4 is 16.2 Å². The van der Waals surface area contributed by atoms with Gasteiger partial charge in [0, 0.05) is 57.9 Å². The van der Waals surface area contributed by atoms with Crippen molar-refractivity contribution in [1.29, 1.82) is 0 Å². The van der Waals surface area contributed by atoms with Crippen molar-refractivity contribution in [3.63, 3.8) is 0 Å². The Morgan fingerprint density at radius 2 is 2.12 bits per heavy atom. The molecule has 0 spiro atoms. The molecule has 140 valence electrons. The Morgan fingerprint density at radius 1 is 1.27 bits per heavy atom. The molecule has 0 unspecified atom stereocenters. The monoisotopic (exact) mass is 359 g/mol. The Kier molecular flexibility index (Phi) is 4.44. The number of hydrogen-bond donors (Lipinski definition) is 2. The highest BCUT2D eigenvalue weighted by Crippen LogP contribution is 2.31. The summed E-state index contributed by atoms with van der Waals surface area (Å²) >= 11 is 0. The fourth-order valence-corrected chi connectivity index (χ4v) is 4.27. The molecule has 3 aliphatic heterocycles. The lowest BCUT2D eigenvalue weighted by Crippen LogP contribution is -2.46. The van der Waals surface area contributed by atoms with Gasteiger partial charge in [-0.2, -0.15) is 0 Å². The number of carbonyl (C=O) groups excluding carboxylic acids is 2. The van der Waals surface area contributed by atoms with Crippen LogP contribution in [0.1, 0.15) is 28.4 Å². The van der Waals surface area contributed by atoms with Gasteiger partial charge in [-0.3, -0.25) is 9.59 Å². The zero-order valence-electron chi connectivity index (χ0n) is 15.0. The number of pyridine rings is 1. The van der Waals surface area contributed by atoms with E-state index < -0.39 is 0 Å². The van der Waals surface area contributed by atoms with Crippen LogP contribution in [-0.2, 0) is 6.54 Å². The van der Waals surface area contributed by atoms with Crippen LogP contribution in [0.4, 0.5) is 4.79 Å². The number of rotatable bonds is 4. The largest absolute Gasteiger partial charge is 0.350 e. The third-order valence-corrected chi connectivity index (χ3v) is 5.72. The summed E-state index contributed by atoms with van der Waals surface area (Å²) in [6.45, 7) is 4.66. The molecule has 0 saturated carbocycles. The van der Waals surface area contributed by atoms with Crippen molar-refractivity contribution in [2.45, 2.75) is 18.9 Å². The Bertz CT molecular complexity index is 790. The van der Waals surface area contributed by atoms with E-state index in [1.165, 1.54) is 0 Å². The fraction of sp³-hybridized carbons (Fsp3) is 0.611. The first-order chi connectivity index (χ1) is 12.5. The molecule has 4 rings (SSSR count). The van der Waals surface area contributed by atoms with E-state index in [4.69, 9.17) is 0 Å². The molecule has 26 heavy (non-hydrogen) atoms. The fourth-order valence-electron chi connectivity index (χ4n) is 4.27. The lowest BCUT2D eigenvalue weighted by atomic mass is 9.84. The minimum Gasteiger partial charge on any atom is -0.350 e. The predicted molar refractivity (Wildman–Crippen MR) is 96.4 cm³/mol.